The summed E-state index contributed by atoms with van der Waals surface area (Å²) in [5, 5.41) is 9.27. The van der Waals surface area contributed by atoms with Crippen molar-refractivity contribution in [3.8, 4) is 0 Å². The lowest BCUT2D eigenvalue weighted by atomic mass is 10.2. The highest BCUT2D eigenvalue weighted by atomic mass is 79.9. The molecule has 0 saturated heterocycles. The number of rotatable bonds is 3. The lowest BCUT2D eigenvalue weighted by molar-refractivity contribution is 0.201. The molecule has 0 bridgehead atoms. The van der Waals surface area contributed by atoms with Crippen molar-refractivity contribution in [2.75, 3.05) is 18.5 Å². The highest BCUT2D eigenvalue weighted by Gasteiger charge is 2.07. The zero-order valence-electron chi connectivity index (χ0n) is 8.79. The van der Waals surface area contributed by atoms with Gasteiger partial charge < -0.3 is 10.0 Å². The molecule has 0 radical (unpaired) electrons. The van der Waals surface area contributed by atoms with Crippen molar-refractivity contribution in [2.45, 2.75) is 20.0 Å². The second-order valence-corrected chi connectivity index (χ2v) is 4.54. The molecule has 0 saturated carbocycles. The number of hydrogen-bond donors (Lipinski definition) is 1. The molecule has 2 nitrogen and oxygen atoms in total. The number of aliphatic hydroxyl groups excluding tert-OH is 1. The largest absolute Gasteiger partial charge is 0.392 e. The van der Waals surface area contributed by atoms with Crippen LogP contribution in [0.2, 0.25) is 0 Å². The molecule has 1 aromatic rings. The number of benzene rings is 1. The molecule has 0 aliphatic heterocycles. The van der Waals surface area contributed by atoms with Gasteiger partial charge in [-0.2, -0.15) is 0 Å². The standard InChI is InChI=1S/C11H16BrNO/c1-8-4-5-11(10(12)6-8)13(3)7-9(2)14/h4-6,9,14H,7H2,1-3H3. The van der Waals surface area contributed by atoms with Crippen LogP contribution in [0.1, 0.15) is 12.5 Å². The van der Waals surface area contributed by atoms with Crippen LogP contribution in [0.4, 0.5) is 5.69 Å². The fourth-order valence-electron chi connectivity index (χ4n) is 1.42. The number of aliphatic hydroxyl groups is 1. The number of halogens is 1. The summed E-state index contributed by atoms with van der Waals surface area (Å²) < 4.78 is 1.07. The van der Waals surface area contributed by atoms with Crippen LogP contribution in [-0.2, 0) is 0 Å². The quantitative estimate of drug-likeness (QED) is 0.900. The molecule has 14 heavy (non-hydrogen) atoms. The summed E-state index contributed by atoms with van der Waals surface area (Å²) in [6.45, 7) is 4.49. The molecule has 0 spiro atoms. The Morgan fingerprint density at radius 3 is 2.64 bits per heavy atom. The first-order valence-electron chi connectivity index (χ1n) is 4.66. The lowest BCUT2D eigenvalue weighted by Crippen LogP contribution is -2.27. The average Bonchev–Trinajstić information content (AvgIpc) is 2.01. The molecule has 1 rings (SSSR count). The maximum absolute atomic E-state index is 9.27. The molecule has 0 amide bonds. The normalized spacial score (nSPS) is 12.6. The third-order valence-corrected chi connectivity index (χ3v) is 2.69. The fraction of sp³-hybridized carbons (Fsp3) is 0.455. The van der Waals surface area contributed by atoms with E-state index in [1.54, 1.807) is 6.92 Å². The van der Waals surface area contributed by atoms with E-state index in [-0.39, 0.29) is 6.10 Å². The van der Waals surface area contributed by atoms with Gasteiger partial charge in [0.1, 0.15) is 0 Å². The van der Waals surface area contributed by atoms with E-state index in [1.165, 1.54) is 5.56 Å². The van der Waals surface area contributed by atoms with Crippen molar-refractivity contribution in [3.63, 3.8) is 0 Å². The molecular formula is C11H16BrNO. The zero-order chi connectivity index (χ0) is 10.7. The van der Waals surface area contributed by atoms with E-state index in [4.69, 9.17) is 0 Å². The van der Waals surface area contributed by atoms with Gasteiger partial charge in [0.05, 0.1) is 11.8 Å². The van der Waals surface area contributed by atoms with Gasteiger partial charge in [0.2, 0.25) is 0 Å². The van der Waals surface area contributed by atoms with Crippen molar-refractivity contribution < 1.29 is 5.11 Å². The third kappa shape index (κ3) is 3.00. The van der Waals surface area contributed by atoms with Crippen molar-refractivity contribution in [2.24, 2.45) is 0 Å². The van der Waals surface area contributed by atoms with Gasteiger partial charge in [-0.25, -0.2) is 0 Å². The molecule has 0 heterocycles. The van der Waals surface area contributed by atoms with E-state index in [0.717, 1.165) is 10.2 Å². The predicted octanol–water partition coefficient (Wildman–Crippen LogP) is 2.57. The number of hydrogen-bond acceptors (Lipinski definition) is 2. The van der Waals surface area contributed by atoms with E-state index in [2.05, 4.69) is 41.1 Å². The highest BCUT2D eigenvalue weighted by Crippen LogP contribution is 2.26. The summed E-state index contributed by atoms with van der Waals surface area (Å²) in [6, 6.07) is 6.20. The van der Waals surface area contributed by atoms with Crippen LogP contribution in [-0.4, -0.2) is 24.8 Å². The first-order valence-corrected chi connectivity index (χ1v) is 5.45. The minimum Gasteiger partial charge on any atom is -0.392 e. The molecule has 1 N–H and O–H groups in total. The molecule has 1 aromatic carbocycles. The van der Waals surface area contributed by atoms with Crippen molar-refractivity contribution in [1.82, 2.24) is 0 Å². The maximum atomic E-state index is 9.27. The molecule has 1 atom stereocenters. The topological polar surface area (TPSA) is 23.5 Å². The van der Waals surface area contributed by atoms with Crippen LogP contribution in [0.15, 0.2) is 22.7 Å². The Kier molecular flexibility index (Phi) is 3.96. The van der Waals surface area contributed by atoms with E-state index in [9.17, 15) is 5.11 Å². The molecule has 0 aliphatic rings. The monoisotopic (exact) mass is 257 g/mol. The molecule has 3 heteroatoms. The maximum Gasteiger partial charge on any atom is 0.0686 e. The molecular weight excluding hydrogens is 242 g/mol. The molecule has 0 fully saturated rings. The summed E-state index contributed by atoms with van der Waals surface area (Å²) in [5.74, 6) is 0. The van der Waals surface area contributed by atoms with Crippen molar-refractivity contribution in [1.29, 1.82) is 0 Å². The SMILES string of the molecule is Cc1ccc(N(C)CC(C)O)c(Br)c1. The highest BCUT2D eigenvalue weighted by molar-refractivity contribution is 9.10. The number of likely N-dealkylation sites (N-methyl/N-ethyl adjacent to an activating group) is 1. The minimum absolute atomic E-state index is 0.312. The van der Waals surface area contributed by atoms with E-state index in [0.29, 0.717) is 6.54 Å². The Morgan fingerprint density at radius 1 is 1.50 bits per heavy atom. The van der Waals surface area contributed by atoms with Crippen LogP contribution >= 0.6 is 15.9 Å². The summed E-state index contributed by atoms with van der Waals surface area (Å²) in [4.78, 5) is 2.04. The van der Waals surface area contributed by atoms with E-state index >= 15 is 0 Å². The smallest absolute Gasteiger partial charge is 0.0686 e. The van der Waals surface area contributed by atoms with Gasteiger partial charge >= 0.3 is 0 Å². The Hall–Kier alpha value is -0.540. The minimum atomic E-state index is -0.312. The van der Waals surface area contributed by atoms with Gasteiger partial charge in [0, 0.05) is 18.1 Å². The van der Waals surface area contributed by atoms with Gasteiger partial charge in [-0.3, -0.25) is 0 Å². The molecule has 0 aromatic heterocycles. The van der Waals surface area contributed by atoms with Gasteiger partial charge in [-0.1, -0.05) is 6.07 Å². The zero-order valence-corrected chi connectivity index (χ0v) is 10.4. The Balaban J connectivity index is 2.84. The van der Waals surface area contributed by atoms with E-state index < -0.39 is 0 Å². The first kappa shape index (κ1) is 11.5. The molecule has 78 valence electrons. The summed E-state index contributed by atoms with van der Waals surface area (Å²) >= 11 is 3.51. The Bertz CT molecular complexity index is 312. The van der Waals surface area contributed by atoms with Gasteiger partial charge in [0.25, 0.3) is 0 Å². The van der Waals surface area contributed by atoms with Gasteiger partial charge in [-0.05, 0) is 47.5 Å². The first-order chi connectivity index (χ1) is 6.50. The second kappa shape index (κ2) is 4.80. The summed E-state index contributed by atoms with van der Waals surface area (Å²) in [6.07, 6.45) is -0.312. The van der Waals surface area contributed by atoms with E-state index in [1.807, 2.05) is 11.9 Å². The molecule has 1 unspecified atom stereocenters. The van der Waals surface area contributed by atoms with Crippen LogP contribution in [0.5, 0.6) is 0 Å². The van der Waals surface area contributed by atoms with Crippen LogP contribution in [0.3, 0.4) is 0 Å². The average molecular weight is 258 g/mol. The fourth-order valence-corrected chi connectivity index (χ4v) is 2.21. The van der Waals surface area contributed by atoms with Crippen LogP contribution in [0, 0.1) is 6.92 Å². The van der Waals surface area contributed by atoms with Crippen LogP contribution < -0.4 is 4.90 Å². The lowest BCUT2D eigenvalue weighted by Gasteiger charge is -2.22. The predicted molar refractivity (Wildman–Crippen MR) is 63.8 cm³/mol. The summed E-state index contributed by atoms with van der Waals surface area (Å²) in [7, 11) is 1.97. The van der Waals surface area contributed by atoms with Gasteiger partial charge in [-0.15, -0.1) is 0 Å². The van der Waals surface area contributed by atoms with Gasteiger partial charge in [0.15, 0.2) is 0 Å². The Labute approximate surface area is 93.7 Å². The number of anilines is 1. The third-order valence-electron chi connectivity index (χ3n) is 2.05. The van der Waals surface area contributed by atoms with Crippen molar-refractivity contribution in [3.05, 3.63) is 28.2 Å². The number of aryl methyl sites for hydroxylation is 1. The Morgan fingerprint density at radius 2 is 2.14 bits per heavy atom. The van der Waals surface area contributed by atoms with Crippen molar-refractivity contribution >= 4 is 21.6 Å². The summed E-state index contributed by atoms with van der Waals surface area (Å²) in [5.41, 5.74) is 2.34. The van der Waals surface area contributed by atoms with Crippen LogP contribution in [0.25, 0.3) is 0 Å². The molecule has 0 aliphatic carbocycles. The second-order valence-electron chi connectivity index (χ2n) is 3.68. The number of nitrogens with zero attached hydrogens (tertiary/aromatic N) is 1.